The normalized spacial score (nSPS) is 10.2. The summed E-state index contributed by atoms with van der Waals surface area (Å²) in [5.41, 5.74) is 0.576. The maximum atomic E-state index is 13.1. The first kappa shape index (κ1) is 14.9. The first-order chi connectivity index (χ1) is 10.1. The molecule has 2 N–H and O–H groups in total. The Kier molecular flexibility index (Phi) is 4.81. The maximum absolute atomic E-state index is 13.1. The van der Waals surface area contributed by atoms with Crippen LogP contribution in [0.3, 0.4) is 0 Å². The van der Waals surface area contributed by atoms with E-state index in [0.717, 1.165) is 25.1 Å². The fourth-order valence-electron chi connectivity index (χ4n) is 1.70. The van der Waals surface area contributed by atoms with E-state index in [1.807, 2.05) is 6.92 Å². The van der Waals surface area contributed by atoms with Crippen LogP contribution in [-0.2, 0) is 0 Å². The number of aromatic nitrogens is 1. The van der Waals surface area contributed by atoms with Gasteiger partial charge in [-0.3, -0.25) is 4.79 Å². The zero-order chi connectivity index (χ0) is 15.2. The van der Waals surface area contributed by atoms with E-state index in [9.17, 15) is 13.6 Å². The van der Waals surface area contributed by atoms with E-state index in [0.29, 0.717) is 11.4 Å². The van der Waals surface area contributed by atoms with Crippen molar-refractivity contribution >= 4 is 17.4 Å². The fourth-order valence-corrected chi connectivity index (χ4v) is 1.70. The summed E-state index contributed by atoms with van der Waals surface area (Å²) in [7, 11) is 0. The molecule has 0 radical (unpaired) electrons. The molecule has 0 saturated heterocycles. The quantitative estimate of drug-likeness (QED) is 0.887. The monoisotopic (exact) mass is 291 g/mol. The molecule has 1 amide bonds. The molecule has 0 unspecified atom stereocenters. The molecule has 110 valence electrons. The number of halogens is 2. The van der Waals surface area contributed by atoms with Crippen LogP contribution in [0.5, 0.6) is 0 Å². The topological polar surface area (TPSA) is 54.0 Å². The van der Waals surface area contributed by atoms with Gasteiger partial charge >= 0.3 is 0 Å². The molecule has 0 atom stereocenters. The second-order valence-electron chi connectivity index (χ2n) is 4.44. The van der Waals surface area contributed by atoms with Crippen LogP contribution in [0.15, 0.2) is 36.5 Å². The van der Waals surface area contributed by atoms with E-state index >= 15 is 0 Å². The first-order valence-corrected chi connectivity index (χ1v) is 6.56. The van der Waals surface area contributed by atoms with Crippen LogP contribution in [0.25, 0.3) is 0 Å². The Balaban J connectivity index is 2.10. The van der Waals surface area contributed by atoms with Crippen LogP contribution in [0.4, 0.5) is 20.3 Å². The fraction of sp³-hybridized carbons (Fsp3) is 0.200. The second kappa shape index (κ2) is 6.78. The van der Waals surface area contributed by atoms with Crippen molar-refractivity contribution in [2.24, 2.45) is 0 Å². The average Bonchev–Trinajstić information content (AvgIpc) is 2.49. The Morgan fingerprint density at radius 2 is 2.00 bits per heavy atom. The molecule has 0 fully saturated rings. The van der Waals surface area contributed by atoms with Crippen molar-refractivity contribution < 1.29 is 13.6 Å². The van der Waals surface area contributed by atoms with E-state index in [1.54, 1.807) is 12.1 Å². The summed E-state index contributed by atoms with van der Waals surface area (Å²) in [4.78, 5) is 16.1. The molecular weight excluding hydrogens is 276 g/mol. The number of carbonyl (C=O) groups excluding carboxylic acids is 1. The zero-order valence-electron chi connectivity index (χ0n) is 11.5. The van der Waals surface area contributed by atoms with Gasteiger partial charge in [0.05, 0.1) is 0 Å². The number of benzene rings is 1. The largest absolute Gasteiger partial charge is 0.370 e. The van der Waals surface area contributed by atoms with Gasteiger partial charge in [0, 0.05) is 30.1 Å². The SMILES string of the molecule is CCCNc1cc(C(=O)Nc2ccc(F)c(F)c2)ccn1. The molecule has 0 aliphatic heterocycles. The van der Waals surface area contributed by atoms with Crippen molar-refractivity contribution in [3.05, 3.63) is 53.7 Å². The Morgan fingerprint density at radius 3 is 2.71 bits per heavy atom. The molecule has 4 nitrogen and oxygen atoms in total. The minimum absolute atomic E-state index is 0.193. The van der Waals surface area contributed by atoms with E-state index in [4.69, 9.17) is 0 Å². The highest BCUT2D eigenvalue weighted by molar-refractivity contribution is 6.04. The Labute approximate surface area is 121 Å². The molecule has 0 saturated carbocycles. The van der Waals surface area contributed by atoms with Gasteiger partial charge < -0.3 is 10.6 Å². The summed E-state index contributed by atoms with van der Waals surface area (Å²) in [6.07, 6.45) is 2.45. The Hall–Kier alpha value is -2.50. The molecule has 2 rings (SSSR count). The number of nitrogens with one attached hydrogen (secondary N) is 2. The number of rotatable bonds is 5. The van der Waals surface area contributed by atoms with Crippen LogP contribution in [0.1, 0.15) is 23.7 Å². The molecule has 1 aromatic carbocycles. The summed E-state index contributed by atoms with van der Waals surface area (Å²) in [5.74, 6) is -1.78. The minimum atomic E-state index is -1.01. The van der Waals surface area contributed by atoms with Gasteiger partial charge in [0.1, 0.15) is 5.82 Å². The van der Waals surface area contributed by atoms with Gasteiger partial charge in [-0.25, -0.2) is 13.8 Å². The highest BCUT2D eigenvalue weighted by atomic mass is 19.2. The van der Waals surface area contributed by atoms with Crippen LogP contribution in [0, 0.1) is 11.6 Å². The van der Waals surface area contributed by atoms with Crippen LogP contribution in [0.2, 0.25) is 0 Å². The molecule has 2 aromatic rings. The lowest BCUT2D eigenvalue weighted by Gasteiger charge is -2.08. The predicted molar refractivity (Wildman–Crippen MR) is 77.3 cm³/mol. The Morgan fingerprint density at radius 1 is 1.19 bits per heavy atom. The lowest BCUT2D eigenvalue weighted by atomic mass is 10.2. The van der Waals surface area contributed by atoms with E-state index in [-0.39, 0.29) is 5.69 Å². The van der Waals surface area contributed by atoms with Gasteiger partial charge in [-0.15, -0.1) is 0 Å². The molecule has 1 heterocycles. The summed E-state index contributed by atoms with van der Waals surface area (Å²) >= 11 is 0. The van der Waals surface area contributed by atoms with Crippen LogP contribution < -0.4 is 10.6 Å². The summed E-state index contributed by atoms with van der Waals surface area (Å²) in [6.45, 7) is 2.77. The molecule has 0 aliphatic carbocycles. The third kappa shape index (κ3) is 3.98. The Bertz CT molecular complexity index is 647. The van der Waals surface area contributed by atoms with Gasteiger partial charge in [0.25, 0.3) is 5.91 Å². The molecule has 0 aliphatic rings. The van der Waals surface area contributed by atoms with Gasteiger partial charge in [-0.1, -0.05) is 6.92 Å². The number of carbonyl (C=O) groups is 1. The number of hydrogen-bond donors (Lipinski definition) is 2. The van der Waals surface area contributed by atoms with Crippen molar-refractivity contribution in [3.63, 3.8) is 0 Å². The number of hydrogen-bond acceptors (Lipinski definition) is 3. The zero-order valence-corrected chi connectivity index (χ0v) is 11.5. The molecule has 0 spiro atoms. The van der Waals surface area contributed by atoms with Gasteiger partial charge in [0.2, 0.25) is 0 Å². The highest BCUT2D eigenvalue weighted by Crippen LogP contribution is 2.15. The maximum Gasteiger partial charge on any atom is 0.255 e. The summed E-state index contributed by atoms with van der Waals surface area (Å²) in [6, 6.07) is 6.35. The van der Waals surface area contributed by atoms with Gasteiger partial charge in [-0.2, -0.15) is 0 Å². The summed E-state index contributed by atoms with van der Waals surface area (Å²) in [5, 5.41) is 5.58. The average molecular weight is 291 g/mol. The minimum Gasteiger partial charge on any atom is -0.370 e. The molecule has 21 heavy (non-hydrogen) atoms. The molecule has 6 heteroatoms. The number of amides is 1. The van der Waals surface area contributed by atoms with Crippen molar-refractivity contribution in [2.75, 3.05) is 17.2 Å². The van der Waals surface area contributed by atoms with Crippen molar-refractivity contribution in [1.82, 2.24) is 4.98 Å². The molecular formula is C15H15F2N3O. The van der Waals surface area contributed by atoms with E-state index in [1.165, 1.54) is 12.3 Å². The van der Waals surface area contributed by atoms with Crippen molar-refractivity contribution in [2.45, 2.75) is 13.3 Å². The molecule has 0 bridgehead atoms. The van der Waals surface area contributed by atoms with E-state index < -0.39 is 17.5 Å². The van der Waals surface area contributed by atoms with Crippen LogP contribution >= 0.6 is 0 Å². The smallest absolute Gasteiger partial charge is 0.255 e. The molecule has 1 aromatic heterocycles. The lowest BCUT2D eigenvalue weighted by molar-refractivity contribution is 0.102. The predicted octanol–water partition coefficient (Wildman–Crippen LogP) is 3.43. The number of anilines is 2. The number of nitrogens with zero attached hydrogens (tertiary/aromatic N) is 1. The van der Waals surface area contributed by atoms with Crippen LogP contribution in [-0.4, -0.2) is 17.4 Å². The number of pyridine rings is 1. The van der Waals surface area contributed by atoms with Gasteiger partial charge in [0.15, 0.2) is 11.6 Å². The van der Waals surface area contributed by atoms with Crippen molar-refractivity contribution in [3.8, 4) is 0 Å². The van der Waals surface area contributed by atoms with Gasteiger partial charge in [-0.05, 0) is 30.7 Å². The van der Waals surface area contributed by atoms with E-state index in [2.05, 4.69) is 15.6 Å². The van der Waals surface area contributed by atoms with Crippen molar-refractivity contribution in [1.29, 1.82) is 0 Å². The summed E-state index contributed by atoms with van der Waals surface area (Å²) < 4.78 is 25.9. The first-order valence-electron chi connectivity index (χ1n) is 6.56. The third-order valence-electron chi connectivity index (χ3n) is 2.76. The highest BCUT2D eigenvalue weighted by Gasteiger charge is 2.09. The second-order valence-corrected chi connectivity index (χ2v) is 4.44. The third-order valence-corrected chi connectivity index (χ3v) is 2.76. The lowest BCUT2D eigenvalue weighted by Crippen LogP contribution is -2.13. The standard InChI is InChI=1S/C15H15F2N3O/c1-2-6-18-14-8-10(5-7-19-14)15(21)20-11-3-4-12(16)13(17)9-11/h3-5,7-9H,2,6H2,1H3,(H,18,19)(H,20,21).